The average molecular weight is 379 g/mol. The SMILES string of the molecule is COc1ccc(/C=c2\sc3nc(Cc4ccccc4)nn3c2=O)cc1OC. The van der Waals surface area contributed by atoms with E-state index in [1.54, 1.807) is 14.2 Å². The Morgan fingerprint density at radius 2 is 1.85 bits per heavy atom. The van der Waals surface area contributed by atoms with Gasteiger partial charge in [-0.1, -0.05) is 47.7 Å². The lowest BCUT2D eigenvalue weighted by molar-refractivity contribution is 0.355. The van der Waals surface area contributed by atoms with Crippen LogP contribution < -0.4 is 19.6 Å². The van der Waals surface area contributed by atoms with E-state index >= 15 is 0 Å². The molecule has 0 amide bonds. The van der Waals surface area contributed by atoms with Gasteiger partial charge in [0.05, 0.1) is 18.8 Å². The van der Waals surface area contributed by atoms with E-state index in [4.69, 9.17) is 9.47 Å². The molecule has 0 spiro atoms. The molecule has 136 valence electrons. The number of fused-ring (bicyclic) bond motifs is 1. The molecule has 2 aromatic carbocycles. The maximum Gasteiger partial charge on any atom is 0.291 e. The number of benzene rings is 2. The highest BCUT2D eigenvalue weighted by Crippen LogP contribution is 2.27. The Bertz CT molecular complexity index is 1200. The first-order valence-corrected chi connectivity index (χ1v) is 9.15. The van der Waals surface area contributed by atoms with E-state index < -0.39 is 0 Å². The first-order valence-electron chi connectivity index (χ1n) is 8.34. The molecular weight excluding hydrogens is 362 g/mol. The molecule has 0 atom stereocenters. The zero-order chi connectivity index (χ0) is 18.8. The maximum atomic E-state index is 12.7. The van der Waals surface area contributed by atoms with Gasteiger partial charge in [-0.25, -0.2) is 4.98 Å². The first kappa shape index (κ1) is 17.2. The molecule has 0 unspecified atom stereocenters. The highest BCUT2D eigenvalue weighted by Gasteiger charge is 2.11. The minimum Gasteiger partial charge on any atom is -0.493 e. The van der Waals surface area contributed by atoms with Gasteiger partial charge in [0.1, 0.15) is 0 Å². The van der Waals surface area contributed by atoms with Gasteiger partial charge in [-0.3, -0.25) is 4.79 Å². The minimum absolute atomic E-state index is 0.170. The Kier molecular flexibility index (Phi) is 4.60. The van der Waals surface area contributed by atoms with Crippen LogP contribution in [0.25, 0.3) is 11.0 Å². The second-order valence-corrected chi connectivity index (χ2v) is 6.92. The summed E-state index contributed by atoms with van der Waals surface area (Å²) >= 11 is 1.32. The van der Waals surface area contributed by atoms with Crippen molar-refractivity contribution in [2.45, 2.75) is 6.42 Å². The summed E-state index contributed by atoms with van der Waals surface area (Å²) < 4.78 is 12.5. The molecule has 6 nitrogen and oxygen atoms in total. The van der Waals surface area contributed by atoms with E-state index in [2.05, 4.69) is 10.1 Å². The van der Waals surface area contributed by atoms with Crippen molar-refractivity contribution in [1.29, 1.82) is 0 Å². The van der Waals surface area contributed by atoms with Crippen LogP contribution in [0.15, 0.2) is 53.3 Å². The summed E-state index contributed by atoms with van der Waals surface area (Å²) in [6, 6.07) is 15.5. The van der Waals surface area contributed by atoms with Gasteiger partial charge < -0.3 is 9.47 Å². The van der Waals surface area contributed by atoms with Crippen LogP contribution in [-0.2, 0) is 6.42 Å². The molecule has 27 heavy (non-hydrogen) atoms. The predicted molar refractivity (Wildman–Crippen MR) is 105 cm³/mol. The number of hydrogen-bond acceptors (Lipinski definition) is 6. The van der Waals surface area contributed by atoms with Gasteiger partial charge in [0, 0.05) is 6.42 Å². The summed E-state index contributed by atoms with van der Waals surface area (Å²) in [5.74, 6) is 1.90. The van der Waals surface area contributed by atoms with E-state index in [0.717, 1.165) is 11.1 Å². The average Bonchev–Trinajstić information content (AvgIpc) is 3.21. The van der Waals surface area contributed by atoms with Crippen LogP contribution in [0.3, 0.4) is 0 Å². The largest absolute Gasteiger partial charge is 0.493 e. The summed E-state index contributed by atoms with van der Waals surface area (Å²) in [4.78, 5) is 17.8. The number of aromatic nitrogens is 3. The van der Waals surface area contributed by atoms with Crippen molar-refractivity contribution < 1.29 is 9.47 Å². The number of nitrogens with zero attached hydrogens (tertiary/aromatic N) is 3. The Morgan fingerprint density at radius 3 is 2.56 bits per heavy atom. The number of methoxy groups -OCH3 is 2. The number of hydrogen-bond donors (Lipinski definition) is 0. The molecule has 0 bridgehead atoms. The second-order valence-electron chi connectivity index (χ2n) is 5.92. The molecule has 0 fully saturated rings. The Morgan fingerprint density at radius 1 is 1.07 bits per heavy atom. The third-order valence-corrected chi connectivity index (χ3v) is 5.10. The molecule has 0 aliphatic rings. The summed E-state index contributed by atoms with van der Waals surface area (Å²) in [6.07, 6.45) is 2.41. The van der Waals surface area contributed by atoms with Crippen molar-refractivity contribution in [3.05, 3.63) is 80.4 Å². The van der Waals surface area contributed by atoms with Gasteiger partial charge in [-0.15, -0.1) is 5.10 Å². The molecule has 4 rings (SSSR count). The molecule has 2 aromatic heterocycles. The van der Waals surface area contributed by atoms with Crippen LogP contribution >= 0.6 is 11.3 Å². The van der Waals surface area contributed by atoms with E-state index in [0.29, 0.717) is 33.2 Å². The van der Waals surface area contributed by atoms with E-state index in [-0.39, 0.29) is 5.56 Å². The van der Waals surface area contributed by atoms with E-state index in [9.17, 15) is 4.79 Å². The quantitative estimate of drug-likeness (QED) is 0.532. The lowest BCUT2D eigenvalue weighted by Crippen LogP contribution is -2.23. The summed E-state index contributed by atoms with van der Waals surface area (Å²) in [5, 5.41) is 4.37. The molecule has 0 aliphatic heterocycles. The van der Waals surface area contributed by atoms with Crippen LogP contribution in [-0.4, -0.2) is 28.8 Å². The third kappa shape index (κ3) is 3.41. The van der Waals surface area contributed by atoms with Crippen LogP contribution in [0.2, 0.25) is 0 Å². The fraction of sp³-hybridized carbons (Fsp3) is 0.150. The molecule has 4 aromatic rings. The zero-order valence-corrected chi connectivity index (χ0v) is 15.7. The molecule has 0 saturated carbocycles. The molecular formula is C20H17N3O3S. The molecule has 0 saturated heterocycles. The fourth-order valence-corrected chi connectivity index (χ4v) is 3.75. The highest BCUT2D eigenvalue weighted by molar-refractivity contribution is 7.15. The van der Waals surface area contributed by atoms with Crippen LogP contribution in [0.4, 0.5) is 0 Å². The lowest BCUT2D eigenvalue weighted by atomic mass is 10.1. The van der Waals surface area contributed by atoms with Gasteiger partial charge in [0.25, 0.3) is 5.56 Å². The molecule has 0 radical (unpaired) electrons. The van der Waals surface area contributed by atoms with Gasteiger partial charge in [0.2, 0.25) is 4.96 Å². The molecule has 7 heteroatoms. The highest BCUT2D eigenvalue weighted by atomic mass is 32.1. The predicted octanol–water partition coefficient (Wildman–Crippen LogP) is 2.31. The van der Waals surface area contributed by atoms with Gasteiger partial charge in [0.15, 0.2) is 17.3 Å². The molecule has 2 heterocycles. The first-order chi connectivity index (χ1) is 13.2. The normalized spacial score (nSPS) is 11.9. The monoisotopic (exact) mass is 379 g/mol. The summed E-state index contributed by atoms with van der Waals surface area (Å²) in [7, 11) is 3.17. The Labute approximate surface area is 159 Å². The Hall–Kier alpha value is -3.19. The van der Waals surface area contributed by atoms with Crippen molar-refractivity contribution in [3.8, 4) is 11.5 Å². The maximum absolute atomic E-state index is 12.7. The van der Waals surface area contributed by atoms with Crippen LogP contribution in [0.5, 0.6) is 11.5 Å². The standard InChI is InChI=1S/C20H17N3O3S/c1-25-15-9-8-14(10-16(15)26-2)11-17-19(24)23-20(27-17)21-18(22-23)12-13-6-4-3-5-7-13/h3-11H,12H2,1-2H3/b17-11-. The smallest absolute Gasteiger partial charge is 0.291 e. The number of rotatable bonds is 5. The van der Waals surface area contributed by atoms with Gasteiger partial charge in [-0.2, -0.15) is 4.52 Å². The van der Waals surface area contributed by atoms with E-state index in [1.807, 2.05) is 54.6 Å². The van der Waals surface area contributed by atoms with Crippen molar-refractivity contribution in [2.75, 3.05) is 14.2 Å². The third-order valence-electron chi connectivity index (χ3n) is 4.14. The van der Waals surface area contributed by atoms with Crippen molar-refractivity contribution in [2.24, 2.45) is 0 Å². The number of thiazole rings is 1. The minimum atomic E-state index is -0.170. The lowest BCUT2D eigenvalue weighted by Gasteiger charge is -2.07. The zero-order valence-electron chi connectivity index (χ0n) is 14.9. The second kappa shape index (κ2) is 7.20. The molecule has 0 aliphatic carbocycles. The number of ether oxygens (including phenoxy) is 2. The summed E-state index contributed by atoms with van der Waals surface area (Å²) in [6.45, 7) is 0. The van der Waals surface area contributed by atoms with Gasteiger partial charge >= 0.3 is 0 Å². The van der Waals surface area contributed by atoms with Crippen molar-refractivity contribution >= 4 is 22.4 Å². The summed E-state index contributed by atoms with van der Waals surface area (Å²) in [5.41, 5.74) is 1.79. The fourth-order valence-electron chi connectivity index (χ4n) is 2.82. The van der Waals surface area contributed by atoms with Gasteiger partial charge in [-0.05, 0) is 29.3 Å². The topological polar surface area (TPSA) is 65.7 Å². The van der Waals surface area contributed by atoms with Crippen molar-refractivity contribution in [3.63, 3.8) is 0 Å². The van der Waals surface area contributed by atoms with E-state index in [1.165, 1.54) is 15.9 Å². The molecule has 0 N–H and O–H groups in total. The van der Waals surface area contributed by atoms with Crippen LogP contribution in [0, 0.1) is 0 Å². The van der Waals surface area contributed by atoms with Crippen LogP contribution in [0.1, 0.15) is 17.0 Å². The van der Waals surface area contributed by atoms with Crippen molar-refractivity contribution in [1.82, 2.24) is 14.6 Å². The Balaban J connectivity index is 1.69.